The van der Waals surface area contributed by atoms with Gasteiger partial charge in [0.05, 0.1) is 0 Å². The van der Waals surface area contributed by atoms with Crippen LogP contribution in [0.2, 0.25) is 0 Å². The molecule has 0 bridgehead atoms. The Hall–Kier alpha value is -1.77. The van der Waals surface area contributed by atoms with E-state index in [4.69, 9.17) is 5.73 Å². The van der Waals surface area contributed by atoms with Gasteiger partial charge in [0.2, 0.25) is 5.91 Å². The monoisotopic (exact) mass is 244 g/mol. The molecule has 0 aliphatic heterocycles. The van der Waals surface area contributed by atoms with E-state index in [0.717, 1.165) is 18.4 Å². The summed E-state index contributed by atoms with van der Waals surface area (Å²) in [5.41, 5.74) is 7.32. The molecule has 3 nitrogen and oxygen atoms in total. The number of hydrogen-bond donors (Lipinski definition) is 2. The van der Waals surface area contributed by atoms with Gasteiger partial charge in [-0.25, -0.2) is 0 Å². The van der Waals surface area contributed by atoms with Crippen molar-refractivity contribution in [3.05, 3.63) is 35.9 Å². The van der Waals surface area contributed by atoms with Gasteiger partial charge in [0, 0.05) is 17.3 Å². The minimum atomic E-state index is -0.0261. The molecular formula is C15H20N2O. The molecule has 1 aliphatic rings. The molecule has 0 heterocycles. The molecule has 3 N–H and O–H groups in total. The lowest BCUT2D eigenvalue weighted by Gasteiger charge is -2.24. The summed E-state index contributed by atoms with van der Waals surface area (Å²) in [5, 5.41) is 3.08. The van der Waals surface area contributed by atoms with Crippen molar-refractivity contribution in [1.29, 1.82) is 0 Å². The number of carbonyl (C=O) groups is 1. The zero-order valence-electron chi connectivity index (χ0n) is 10.8. The van der Waals surface area contributed by atoms with Crippen molar-refractivity contribution in [2.45, 2.75) is 38.1 Å². The molecular weight excluding hydrogens is 224 g/mol. The van der Waals surface area contributed by atoms with Crippen molar-refractivity contribution < 1.29 is 4.79 Å². The SMILES string of the molecule is CC1(NC(=O)/C=C/c2cccc(N)c2)CCCC1. The van der Waals surface area contributed by atoms with Gasteiger partial charge in [0.15, 0.2) is 0 Å². The van der Waals surface area contributed by atoms with Crippen molar-refractivity contribution in [3.8, 4) is 0 Å². The molecule has 1 aromatic carbocycles. The largest absolute Gasteiger partial charge is 0.399 e. The number of carbonyl (C=O) groups excluding carboxylic acids is 1. The van der Waals surface area contributed by atoms with Crippen molar-refractivity contribution >= 4 is 17.7 Å². The van der Waals surface area contributed by atoms with Gasteiger partial charge in [-0.1, -0.05) is 25.0 Å². The third-order valence-electron chi connectivity index (χ3n) is 3.47. The molecule has 2 rings (SSSR count). The molecule has 0 atom stereocenters. The normalized spacial score (nSPS) is 18.1. The highest BCUT2D eigenvalue weighted by Crippen LogP contribution is 2.28. The molecule has 0 aromatic heterocycles. The second kappa shape index (κ2) is 5.25. The van der Waals surface area contributed by atoms with E-state index >= 15 is 0 Å². The highest BCUT2D eigenvalue weighted by molar-refractivity contribution is 5.92. The van der Waals surface area contributed by atoms with Crippen molar-refractivity contribution in [2.75, 3.05) is 5.73 Å². The highest BCUT2D eigenvalue weighted by Gasteiger charge is 2.29. The second-order valence-electron chi connectivity index (χ2n) is 5.26. The smallest absolute Gasteiger partial charge is 0.244 e. The molecule has 3 heteroatoms. The van der Waals surface area contributed by atoms with Gasteiger partial charge in [-0.15, -0.1) is 0 Å². The van der Waals surface area contributed by atoms with Gasteiger partial charge < -0.3 is 11.1 Å². The summed E-state index contributed by atoms with van der Waals surface area (Å²) in [4.78, 5) is 11.8. The minimum Gasteiger partial charge on any atom is -0.399 e. The van der Waals surface area contributed by atoms with Crippen LogP contribution in [-0.4, -0.2) is 11.4 Å². The zero-order chi connectivity index (χ0) is 13.0. The van der Waals surface area contributed by atoms with Crippen molar-refractivity contribution in [1.82, 2.24) is 5.32 Å². The van der Waals surface area contributed by atoms with Crippen molar-refractivity contribution in [3.63, 3.8) is 0 Å². The van der Waals surface area contributed by atoms with E-state index in [1.165, 1.54) is 12.8 Å². The van der Waals surface area contributed by atoms with Crippen LogP contribution in [0.5, 0.6) is 0 Å². The van der Waals surface area contributed by atoms with Crippen LogP contribution in [0.1, 0.15) is 38.2 Å². The van der Waals surface area contributed by atoms with E-state index in [0.29, 0.717) is 5.69 Å². The first kappa shape index (κ1) is 12.7. The van der Waals surface area contributed by atoms with Gasteiger partial charge in [-0.2, -0.15) is 0 Å². The third-order valence-corrected chi connectivity index (χ3v) is 3.47. The molecule has 0 radical (unpaired) electrons. The molecule has 1 aromatic rings. The van der Waals surface area contributed by atoms with Crippen LogP contribution >= 0.6 is 0 Å². The quantitative estimate of drug-likeness (QED) is 0.634. The Morgan fingerprint density at radius 3 is 2.78 bits per heavy atom. The van der Waals surface area contributed by atoms with E-state index in [9.17, 15) is 4.79 Å². The lowest BCUT2D eigenvalue weighted by atomic mass is 10.0. The van der Waals surface area contributed by atoms with E-state index in [1.807, 2.05) is 24.3 Å². The van der Waals surface area contributed by atoms with E-state index in [-0.39, 0.29) is 11.4 Å². The lowest BCUT2D eigenvalue weighted by Crippen LogP contribution is -2.42. The van der Waals surface area contributed by atoms with Crippen LogP contribution in [-0.2, 0) is 4.79 Å². The average Bonchev–Trinajstić information content (AvgIpc) is 2.73. The maximum Gasteiger partial charge on any atom is 0.244 e. The number of nitrogens with two attached hydrogens (primary N) is 1. The first-order chi connectivity index (χ1) is 8.57. The third kappa shape index (κ3) is 3.36. The van der Waals surface area contributed by atoms with Gasteiger partial charge in [0.25, 0.3) is 0 Å². The van der Waals surface area contributed by atoms with Gasteiger partial charge in [-0.05, 0) is 43.5 Å². The molecule has 0 saturated heterocycles. The number of nitrogens with one attached hydrogen (secondary N) is 1. The van der Waals surface area contributed by atoms with Gasteiger partial charge >= 0.3 is 0 Å². The number of anilines is 1. The standard InChI is InChI=1S/C15H20N2O/c1-15(9-2-3-10-15)17-14(18)8-7-12-5-4-6-13(16)11-12/h4-8,11H,2-3,9-10,16H2,1H3,(H,17,18)/b8-7+. The van der Waals surface area contributed by atoms with Gasteiger partial charge in [0.1, 0.15) is 0 Å². The Morgan fingerprint density at radius 1 is 1.39 bits per heavy atom. The first-order valence-electron chi connectivity index (χ1n) is 6.43. The summed E-state index contributed by atoms with van der Waals surface area (Å²) in [6, 6.07) is 7.49. The Morgan fingerprint density at radius 2 is 2.11 bits per heavy atom. The van der Waals surface area contributed by atoms with E-state index in [2.05, 4.69) is 12.2 Å². The number of amides is 1. The van der Waals surface area contributed by atoms with Crippen LogP contribution in [0.4, 0.5) is 5.69 Å². The van der Waals surface area contributed by atoms with Crippen LogP contribution in [0, 0.1) is 0 Å². The predicted octanol–water partition coefficient (Wildman–Crippen LogP) is 2.73. The first-order valence-corrected chi connectivity index (χ1v) is 6.43. The topological polar surface area (TPSA) is 55.1 Å². The number of benzene rings is 1. The highest BCUT2D eigenvalue weighted by atomic mass is 16.1. The summed E-state index contributed by atoms with van der Waals surface area (Å²) in [6.45, 7) is 2.12. The van der Waals surface area contributed by atoms with Crippen LogP contribution in [0.25, 0.3) is 6.08 Å². The fourth-order valence-electron chi connectivity index (χ4n) is 2.45. The zero-order valence-corrected chi connectivity index (χ0v) is 10.8. The van der Waals surface area contributed by atoms with Crippen LogP contribution < -0.4 is 11.1 Å². The Balaban J connectivity index is 1.95. The number of nitrogen functional groups attached to an aromatic ring is 1. The molecule has 1 saturated carbocycles. The van der Waals surface area contributed by atoms with Gasteiger partial charge in [-0.3, -0.25) is 4.79 Å². The molecule has 18 heavy (non-hydrogen) atoms. The summed E-state index contributed by atoms with van der Waals surface area (Å²) >= 11 is 0. The summed E-state index contributed by atoms with van der Waals surface area (Å²) < 4.78 is 0. The van der Waals surface area contributed by atoms with E-state index < -0.39 is 0 Å². The van der Waals surface area contributed by atoms with Crippen molar-refractivity contribution in [2.24, 2.45) is 0 Å². The number of hydrogen-bond acceptors (Lipinski definition) is 2. The Labute approximate surface area is 108 Å². The summed E-state index contributed by atoms with van der Waals surface area (Å²) in [6.07, 6.45) is 7.93. The fraction of sp³-hybridized carbons (Fsp3) is 0.400. The molecule has 1 aliphatic carbocycles. The lowest BCUT2D eigenvalue weighted by molar-refractivity contribution is -0.118. The van der Waals surface area contributed by atoms with E-state index in [1.54, 1.807) is 12.2 Å². The fourth-order valence-corrected chi connectivity index (χ4v) is 2.45. The summed E-state index contributed by atoms with van der Waals surface area (Å²) in [5.74, 6) is -0.0261. The minimum absolute atomic E-state index is 0.0167. The Bertz CT molecular complexity index is 459. The maximum atomic E-state index is 11.8. The van der Waals surface area contributed by atoms with Crippen LogP contribution in [0.3, 0.4) is 0 Å². The van der Waals surface area contributed by atoms with Crippen LogP contribution in [0.15, 0.2) is 30.3 Å². The molecule has 0 spiro atoms. The Kier molecular flexibility index (Phi) is 3.70. The molecule has 1 amide bonds. The average molecular weight is 244 g/mol. The predicted molar refractivity (Wildman–Crippen MR) is 74.9 cm³/mol. The molecule has 0 unspecified atom stereocenters. The molecule has 1 fully saturated rings. The summed E-state index contributed by atoms with van der Waals surface area (Å²) in [7, 11) is 0. The maximum absolute atomic E-state index is 11.8. The number of rotatable bonds is 3. The molecule has 96 valence electrons. The second-order valence-corrected chi connectivity index (χ2v) is 5.26.